The Kier molecular flexibility index (Phi) is 4.61. The Hall–Kier alpha value is -3.94. The Morgan fingerprint density at radius 1 is 1.19 bits per heavy atom. The highest BCUT2D eigenvalue weighted by Crippen LogP contribution is 2.65. The third kappa shape index (κ3) is 3.06. The Labute approximate surface area is 207 Å². The summed E-state index contributed by atoms with van der Waals surface area (Å²) in [5.74, 6) is 1.36. The van der Waals surface area contributed by atoms with Crippen LogP contribution in [0.2, 0.25) is 0 Å². The summed E-state index contributed by atoms with van der Waals surface area (Å²) in [7, 11) is 0. The number of rotatable bonds is 4. The molecule has 4 aliphatic rings. The van der Waals surface area contributed by atoms with Crippen molar-refractivity contribution in [3.05, 3.63) is 77.9 Å². The van der Waals surface area contributed by atoms with Gasteiger partial charge in [-0.3, -0.25) is 9.89 Å². The zero-order valence-electron chi connectivity index (χ0n) is 19.9. The zero-order valence-corrected chi connectivity index (χ0v) is 19.9. The molecule has 1 N–H and O–H groups in total. The second-order valence-corrected chi connectivity index (χ2v) is 10.0. The second-order valence-electron chi connectivity index (χ2n) is 10.0. The van der Waals surface area contributed by atoms with Gasteiger partial charge in [-0.1, -0.05) is 43.4 Å². The molecule has 0 spiro atoms. The highest BCUT2D eigenvalue weighted by atomic mass is 19.1. The van der Waals surface area contributed by atoms with Gasteiger partial charge < -0.3 is 4.90 Å². The van der Waals surface area contributed by atoms with Crippen LogP contribution in [0, 0.1) is 23.6 Å². The standard InChI is InChI=1S/C28H25FN6O/c1-2-28(19-5-3-4-6-21(19)29)18-11-12-35(15-20(18)28)23-14-30-26-25(33-34-27(26)32-23)17-7-9-22-16(13-17)8-10-24(36)31-22/h3-10,13-14,16,18,20H,2,11-12,15H2,1H3,(H,32,33,34)/t16?,18-,20+,28-/m1/s1. The van der Waals surface area contributed by atoms with Gasteiger partial charge >= 0.3 is 0 Å². The number of piperidine rings is 1. The number of carbonyl (C=O) groups is 1. The molecule has 1 saturated heterocycles. The van der Waals surface area contributed by atoms with E-state index >= 15 is 0 Å². The summed E-state index contributed by atoms with van der Waals surface area (Å²) in [5, 5.41) is 7.55. The highest BCUT2D eigenvalue weighted by molar-refractivity contribution is 6.13. The summed E-state index contributed by atoms with van der Waals surface area (Å²) in [6.07, 6.45) is 13.0. The first-order valence-corrected chi connectivity index (χ1v) is 12.5. The minimum Gasteiger partial charge on any atom is -0.355 e. The lowest BCUT2D eigenvalue weighted by atomic mass is 9.88. The van der Waals surface area contributed by atoms with Crippen molar-refractivity contribution in [2.45, 2.75) is 25.2 Å². The number of nitrogens with zero attached hydrogens (tertiary/aromatic N) is 5. The molecule has 180 valence electrons. The van der Waals surface area contributed by atoms with E-state index in [1.807, 2.05) is 36.6 Å². The number of anilines is 1. The molecular formula is C28H25FN6O. The largest absolute Gasteiger partial charge is 0.355 e. The minimum atomic E-state index is -0.228. The monoisotopic (exact) mass is 480 g/mol. The van der Waals surface area contributed by atoms with Crippen LogP contribution < -0.4 is 4.90 Å². The van der Waals surface area contributed by atoms with Crippen LogP contribution in [0.5, 0.6) is 0 Å². The van der Waals surface area contributed by atoms with Gasteiger partial charge in [0, 0.05) is 30.5 Å². The molecule has 3 aromatic rings. The summed E-state index contributed by atoms with van der Waals surface area (Å²) in [6.45, 7) is 3.89. The summed E-state index contributed by atoms with van der Waals surface area (Å²) in [4.78, 5) is 27.5. The Balaban J connectivity index is 1.15. The molecule has 1 unspecified atom stereocenters. The number of aliphatic imine (C=N–C) groups is 1. The number of amides is 1. The number of dihydropyridines is 1. The van der Waals surface area contributed by atoms with E-state index in [0.717, 1.165) is 54.3 Å². The Morgan fingerprint density at radius 3 is 2.94 bits per heavy atom. The van der Waals surface area contributed by atoms with Crippen molar-refractivity contribution in [3.63, 3.8) is 0 Å². The van der Waals surface area contributed by atoms with E-state index in [1.54, 1.807) is 12.1 Å². The fourth-order valence-electron chi connectivity index (χ4n) is 6.68. The van der Waals surface area contributed by atoms with Crippen molar-refractivity contribution in [1.82, 2.24) is 20.2 Å². The maximum atomic E-state index is 14.7. The number of H-pyrrole nitrogens is 1. The van der Waals surface area contributed by atoms with Gasteiger partial charge in [0.15, 0.2) is 0 Å². The van der Waals surface area contributed by atoms with Gasteiger partial charge in [-0.25, -0.2) is 19.4 Å². The maximum absolute atomic E-state index is 14.7. The number of aromatic nitrogens is 4. The molecule has 7 rings (SSSR count). The molecule has 0 radical (unpaired) electrons. The number of aromatic amines is 1. The van der Waals surface area contributed by atoms with E-state index in [0.29, 0.717) is 23.0 Å². The molecule has 7 nitrogen and oxygen atoms in total. The van der Waals surface area contributed by atoms with Crippen molar-refractivity contribution in [2.24, 2.45) is 22.7 Å². The van der Waals surface area contributed by atoms with Gasteiger partial charge in [0.25, 0.3) is 5.91 Å². The van der Waals surface area contributed by atoms with Crippen LogP contribution in [0.15, 0.2) is 65.8 Å². The second kappa shape index (κ2) is 7.78. The van der Waals surface area contributed by atoms with E-state index in [2.05, 4.69) is 33.1 Å². The SMILES string of the molecule is CC[C@]1(c2ccccc2F)[C@@H]2CCN(c3cnc4c(C5=CC6C=CC(=O)N=C6C=C5)[nH]nc4n3)C[C@@H]21. The average Bonchev–Trinajstić information content (AvgIpc) is 3.36. The summed E-state index contributed by atoms with van der Waals surface area (Å²) in [6, 6.07) is 7.25. The van der Waals surface area contributed by atoms with Gasteiger partial charge in [-0.2, -0.15) is 5.10 Å². The van der Waals surface area contributed by atoms with Gasteiger partial charge in [0.1, 0.15) is 17.2 Å². The number of halogens is 1. The molecule has 1 aromatic carbocycles. The van der Waals surface area contributed by atoms with Gasteiger partial charge in [0.2, 0.25) is 5.65 Å². The predicted octanol–water partition coefficient (Wildman–Crippen LogP) is 4.40. The minimum absolute atomic E-state index is 0.0404. The lowest BCUT2D eigenvalue weighted by Gasteiger charge is -2.26. The fraction of sp³-hybridized carbons (Fsp3) is 0.321. The Morgan fingerprint density at radius 2 is 2.08 bits per heavy atom. The van der Waals surface area contributed by atoms with Crippen molar-refractivity contribution in [3.8, 4) is 0 Å². The summed E-state index contributed by atoms with van der Waals surface area (Å²) < 4.78 is 14.7. The van der Waals surface area contributed by atoms with Crippen LogP contribution in [-0.2, 0) is 10.2 Å². The number of fused-ring (bicyclic) bond motifs is 3. The lowest BCUT2D eigenvalue weighted by molar-refractivity contribution is -0.113. The molecule has 2 aliphatic carbocycles. The van der Waals surface area contributed by atoms with Gasteiger partial charge in [-0.05, 0) is 48.0 Å². The maximum Gasteiger partial charge on any atom is 0.269 e. The van der Waals surface area contributed by atoms with Gasteiger partial charge in [-0.15, -0.1) is 0 Å². The topological polar surface area (TPSA) is 87.1 Å². The number of hydrogen-bond donors (Lipinski definition) is 1. The Bertz CT molecular complexity index is 1530. The van der Waals surface area contributed by atoms with Crippen LogP contribution >= 0.6 is 0 Å². The van der Waals surface area contributed by atoms with Crippen LogP contribution in [0.25, 0.3) is 16.7 Å². The van der Waals surface area contributed by atoms with Crippen molar-refractivity contribution < 1.29 is 9.18 Å². The predicted molar refractivity (Wildman–Crippen MR) is 136 cm³/mol. The third-order valence-corrected chi connectivity index (χ3v) is 8.47. The molecule has 4 heterocycles. The summed E-state index contributed by atoms with van der Waals surface area (Å²) in [5.41, 5.74) is 4.54. The van der Waals surface area contributed by atoms with Crippen molar-refractivity contribution in [2.75, 3.05) is 18.0 Å². The molecule has 36 heavy (non-hydrogen) atoms. The van der Waals surface area contributed by atoms with E-state index in [-0.39, 0.29) is 23.1 Å². The van der Waals surface area contributed by atoms with Crippen LogP contribution in [-0.4, -0.2) is 44.9 Å². The first-order valence-electron chi connectivity index (χ1n) is 12.5. The zero-order chi connectivity index (χ0) is 24.4. The molecule has 2 fully saturated rings. The first-order chi connectivity index (χ1) is 17.6. The van der Waals surface area contributed by atoms with Crippen molar-refractivity contribution in [1.29, 1.82) is 0 Å². The summed E-state index contributed by atoms with van der Waals surface area (Å²) >= 11 is 0. The smallest absolute Gasteiger partial charge is 0.269 e. The quantitative estimate of drug-likeness (QED) is 0.598. The van der Waals surface area contributed by atoms with Crippen LogP contribution in [0.3, 0.4) is 0 Å². The molecule has 8 heteroatoms. The van der Waals surface area contributed by atoms with Crippen LogP contribution in [0.1, 0.15) is 31.0 Å². The third-order valence-electron chi connectivity index (χ3n) is 8.47. The number of nitrogens with one attached hydrogen (secondary N) is 1. The molecule has 4 atom stereocenters. The normalized spacial score (nSPS) is 28.6. The number of hydrogen-bond acceptors (Lipinski definition) is 5. The van der Waals surface area contributed by atoms with E-state index < -0.39 is 0 Å². The fourth-order valence-corrected chi connectivity index (χ4v) is 6.68. The van der Waals surface area contributed by atoms with E-state index in [1.165, 1.54) is 6.08 Å². The molecule has 0 bridgehead atoms. The molecular weight excluding hydrogens is 455 g/mol. The van der Waals surface area contributed by atoms with Crippen molar-refractivity contribution >= 4 is 34.2 Å². The van der Waals surface area contributed by atoms with Gasteiger partial charge in [0.05, 0.1) is 17.6 Å². The molecule has 1 saturated carbocycles. The molecule has 1 amide bonds. The van der Waals surface area contributed by atoms with E-state index in [4.69, 9.17) is 9.97 Å². The lowest BCUT2D eigenvalue weighted by Crippen LogP contribution is -2.32. The van der Waals surface area contributed by atoms with Crippen LogP contribution in [0.4, 0.5) is 10.2 Å². The molecule has 2 aromatic heterocycles. The molecule has 2 aliphatic heterocycles. The first kappa shape index (κ1) is 21.4. The highest BCUT2D eigenvalue weighted by Gasteiger charge is 2.65. The number of allylic oxidation sites excluding steroid dienone is 5. The van der Waals surface area contributed by atoms with E-state index in [9.17, 15) is 9.18 Å². The average molecular weight is 481 g/mol. The number of benzene rings is 1. The number of carbonyl (C=O) groups excluding carboxylic acids is 1.